The molecule has 1 fully saturated rings. The first-order valence-electron chi connectivity index (χ1n) is 8.97. The third-order valence-corrected chi connectivity index (χ3v) is 4.62. The number of aryl methyl sites for hydroxylation is 1. The SMILES string of the molecule is Cc1ccc(N2CCCN(c3cncc(-c4ccccc4)n3)CC2)nn1. The molecule has 6 heteroatoms. The summed E-state index contributed by atoms with van der Waals surface area (Å²) in [5.74, 6) is 1.88. The molecule has 0 aliphatic carbocycles. The van der Waals surface area contributed by atoms with Crippen LogP contribution < -0.4 is 9.80 Å². The molecule has 0 spiro atoms. The highest BCUT2D eigenvalue weighted by Gasteiger charge is 2.18. The molecule has 1 saturated heterocycles. The van der Waals surface area contributed by atoms with E-state index in [-0.39, 0.29) is 0 Å². The molecule has 0 amide bonds. The monoisotopic (exact) mass is 346 g/mol. The van der Waals surface area contributed by atoms with Crippen molar-refractivity contribution >= 4 is 11.6 Å². The van der Waals surface area contributed by atoms with Gasteiger partial charge in [-0.2, -0.15) is 5.10 Å². The molecule has 1 aliphatic rings. The minimum Gasteiger partial charge on any atom is -0.353 e. The van der Waals surface area contributed by atoms with Gasteiger partial charge in [-0.3, -0.25) is 4.98 Å². The summed E-state index contributed by atoms with van der Waals surface area (Å²) in [5.41, 5.74) is 2.94. The topological polar surface area (TPSA) is 58.0 Å². The van der Waals surface area contributed by atoms with Crippen LogP contribution in [0.15, 0.2) is 54.9 Å². The Morgan fingerprint density at radius 2 is 1.54 bits per heavy atom. The second kappa shape index (κ2) is 7.47. The first kappa shape index (κ1) is 16.4. The molecule has 0 N–H and O–H groups in total. The minimum absolute atomic E-state index is 0.891. The van der Waals surface area contributed by atoms with Crippen molar-refractivity contribution in [1.82, 2.24) is 20.2 Å². The van der Waals surface area contributed by atoms with Crippen molar-refractivity contribution in [3.63, 3.8) is 0 Å². The maximum absolute atomic E-state index is 4.83. The van der Waals surface area contributed by atoms with Crippen LogP contribution in [-0.2, 0) is 0 Å². The molecular weight excluding hydrogens is 324 g/mol. The van der Waals surface area contributed by atoms with Gasteiger partial charge in [-0.25, -0.2) is 4.98 Å². The van der Waals surface area contributed by atoms with E-state index in [9.17, 15) is 0 Å². The van der Waals surface area contributed by atoms with Crippen LogP contribution in [0.3, 0.4) is 0 Å². The predicted molar refractivity (Wildman–Crippen MR) is 103 cm³/mol. The third-order valence-electron chi connectivity index (χ3n) is 4.62. The number of aromatic nitrogens is 4. The van der Waals surface area contributed by atoms with E-state index >= 15 is 0 Å². The molecule has 0 saturated carbocycles. The highest BCUT2D eigenvalue weighted by Crippen LogP contribution is 2.21. The quantitative estimate of drug-likeness (QED) is 0.727. The predicted octanol–water partition coefficient (Wildman–Crippen LogP) is 2.96. The second-order valence-corrected chi connectivity index (χ2v) is 6.49. The zero-order chi connectivity index (χ0) is 17.8. The van der Waals surface area contributed by atoms with Crippen molar-refractivity contribution in [3.05, 3.63) is 60.6 Å². The lowest BCUT2D eigenvalue weighted by Crippen LogP contribution is -2.31. The van der Waals surface area contributed by atoms with Gasteiger partial charge >= 0.3 is 0 Å². The molecule has 6 nitrogen and oxygen atoms in total. The Hall–Kier alpha value is -3.02. The van der Waals surface area contributed by atoms with E-state index in [1.54, 1.807) is 0 Å². The third kappa shape index (κ3) is 3.64. The van der Waals surface area contributed by atoms with E-state index in [4.69, 9.17) is 4.98 Å². The molecule has 26 heavy (non-hydrogen) atoms. The fourth-order valence-corrected chi connectivity index (χ4v) is 3.19. The van der Waals surface area contributed by atoms with E-state index in [0.717, 1.165) is 61.2 Å². The minimum atomic E-state index is 0.891. The number of hydrogen-bond acceptors (Lipinski definition) is 6. The van der Waals surface area contributed by atoms with Crippen molar-refractivity contribution in [2.45, 2.75) is 13.3 Å². The van der Waals surface area contributed by atoms with Crippen LogP contribution in [0.25, 0.3) is 11.3 Å². The van der Waals surface area contributed by atoms with Gasteiger partial charge in [0.25, 0.3) is 0 Å². The lowest BCUT2D eigenvalue weighted by molar-refractivity contribution is 0.782. The Labute approximate surface area is 153 Å². The molecule has 4 rings (SSSR count). The molecule has 1 aromatic carbocycles. The average molecular weight is 346 g/mol. The van der Waals surface area contributed by atoms with Crippen LogP contribution in [0.1, 0.15) is 12.1 Å². The van der Waals surface area contributed by atoms with Crippen LogP contribution in [0.5, 0.6) is 0 Å². The van der Waals surface area contributed by atoms with E-state index < -0.39 is 0 Å². The first-order chi connectivity index (χ1) is 12.8. The second-order valence-electron chi connectivity index (χ2n) is 6.49. The van der Waals surface area contributed by atoms with Crippen LogP contribution in [-0.4, -0.2) is 46.3 Å². The Balaban J connectivity index is 1.50. The molecule has 2 aromatic heterocycles. The summed E-state index contributed by atoms with van der Waals surface area (Å²) in [7, 11) is 0. The Morgan fingerprint density at radius 3 is 2.27 bits per heavy atom. The normalized spacial score (nSPS) is 15.0. The zero-order valence-electron chi connectivity index (χ0n) is 14.9. The molecule has 0 unspecified atom stereocenters. The van der Waals surface area contributed by atoms with Crippen LogP contribution >= 0.6 is 0 Å². The van der Waals surface area contributed by atoms with Gasteiger partial charge in [0, 0.05) is 31.7 Å². The first-order valence-corrected chi connectivity index (χ1v) is 8.97. The van der Waals surface area contributed by atoms with Crippen molar-refractivity contribution in [1.29, 1.82) is 0 Å². The summed E-state index contributed by atoms with van der Waals surface area (Å²) >= 11 is 0. The zero-order valence-corrected chi connectivity index (χ0v) is 14.9. The van der Waals surface area contributed by atoms with Gasteiger partial charge < -0.3 is 9.80 Å². The summed E-state index contributed by atoms with van der Waals surface area (Å²) in [6, 6.07) is 14.3. The maximum Gasteiger partial charge on any atom is 0.151 e. The fourth-order valence-electron chi connectivity index (χ4n) is 3.19. The van der Waals surface area contributed by atoms with Crippen LogP contribution in [0.2, 0.25) is 0 Å². The maximum atomic E-state index is 4.83. The van der Waals surface area contributed by atoms with E-state index in [2.05, 4.69) is 37.1 Å². The number of benzene rings is 1. The summed E-state index contributed by atoms with van der Waals surface area (Å²) in [5, 5.41) is 8.50. The molecular formula is C20H22N6. The Kier molecular flexibility index (Phi) is 4.73. The van der Waals surface area contributed by atoms with Gasteiger partial charge in [0.05, 0.1) is 23.8 Å². The fraction of sp³-hybridized carbons (Fsp3) is 0.300. The molecule has 3 aromatic rings. The Morgan fingerprint density at radius 1 is 0.769 bits per heavy atom. The summed E-state index contributed by atoms with van der Waals surface area (Å²) in [6.45, 7) is 5.68. The highest BCUT2D eigenvalue weighted by molar-refractivity contribution is 5.60. The summed E-state index contributed by atoms with van der Waals surface area (Å²) < 4.78 is 0. The van der Waals surface area contributed by atoms with Crippen molar-refractivity contribution in [3.8, 4) is 11.3 Å². The van der Waals surface area contributed by atoms with Gasteiger partial charge in [0.1, 0.15) is 5.82 Å². The summed E-state index contributed by atoms with van der Waals surface area (Å²) in [4.78, 5) is 13.8. The lowest BCUT2D eigenvalue weighted by Gasteiger charge is -2.23. The lowest BCUT2D eigenvalue weighted by atomic mass is 10.2. The van der Waals surface area contributed by atoms with Crippen molar-refractivity contribution < 1.29 is 0 Å². The largest absolute Gasteiger partial charge is 0.353 e. The van der Waals surface area contributed by atoms with Gasteiger partial charge in [0.15, 0.2) is 5.82 Å². The average Bonchev–Trinajstić information content (AvgIpc) is 2.96. The Bertz CT molecular complexity index is 850. The molecule has 1 aliphatic heterocycles. The van der Waals surface area contributed by atoms with Crippen LogP contribution in [0.4, 0.5) is 11.6 Å². The van der Waals surface area contributed by atoms with Gasteiger partial charge in [-0.1, -0.05) is 30.3 Å². The summed E-state index contributed by atoms with van der Waals surface area (Å²) in [6.07, 6.45) is 4.73. The van der Waals surface area contributed by atoms with Gasteiger partial charge in [-0.05, 0) is 25.5 Å². The standard InChI is InChI=1S/C20H22N6/c1-16-8-9-19(24-23-16)25-10-5-11-26(13-12-25)20-15-21-14-18(22-20)17-6-3-2-4-7-17/h2-4,6-9,14-15H,5,10-13H2,1H3. The number of rotatable bonds is 3. The van der Waals surface area contributed by atoms with Gasteiger partial charge in [-0.15, -0.1) is 5.10 Å². The van der Waals surface area contributed by atoms with Crippen molar-refractivity contribution in [2.75, 3.05) is 36.0 Å². The molecule has 0 radical (unpaired) electrons. The van der Waals surface area contributed by atoms with E-state index in [0.29, 0.717) is 0 Å². The van der Waals surface area contributed by atoms with E-state index in [1.165, 1.54) is 0 Å². The molecule has 0 bridgehead atoms. The van der Waals surface area contributed by atoms with E-state index in [1.807, 2.05) is 49.6 Å². The molecule has 3 heterocycles. The van der Waals surface area contributed by atoms with Gasteiger partial charge in [0.2, 0.25) is 0 Å². The number of hydrogen-bond donors (Lipinski definition) is 0. The number of anilines is 2. The highest BCUT2D eigenvalue weighted by atomic mass is 15.3. The van der Waals surface area contributed by atoms with Crippen LogP contribution in [0, 0.1) is 6.92 Å². The molecule has 0 atom stereocenters. The van der Waals surface area contributed by atoms with Crippen molar-refractivity contribution in [2.24, 2.45) is 0 Å². The molecule has 132 valence electrons. The number of nitrogens with zero attached hydrogens (tertiary/aromatic N) is 6. The smallest absolute Gasteiger partial charge is 0.151 e.